The van der Waals surface area contributed by atoms with Gasteiger partial charge in [-0.15, -0.1) is 0 Å². The first kappa shape index (κ1) is 24.8. The summed E-state index contributed by atoms with van der Waals surface area (Å²) in [4.78, 5) is 28.5. The zero-order valence-corrected chi connectivity index (χ0v) is 21.7. The van der Waals surface area contributed by atoms with Crippen molar-refractivity contribution in [2.75, 3.05) is 18.9 Å². The first-order valence-corrected chi connectivity index (χ1v) is 12.8. The number of rotatable bonds is 5. The summed E-state index contributed by atoms with van der Waals surface area (Å²) in [5, 5.41) is 8.14. The molecule has 3 aromatic carbocycles. The zero-order chi connectivity index (χ0) is 27.1. The molecular weight excluding hydrogens is 495 g/mol. The van der Waals surface area contributed by atoms with Gasteiger partial charge < -0.3 is 19.3 Å². The van der Waals surface area contributed by atoms with Gasteiger partial charge in [0, 0.05) is 41.5 Å². The molecule has 39 heavy (non-hydrogen) atoms. The molecule has 0 saturated carbocycles. The SMILES string of the molecule is Cc1nocc1-c1ccc2c(=O)n(Cc3cc(F)cc(C(=O)Nc4ccc5c(c4)CCN(C)C5)c3)ccc2c1. The Labute approximate surface area is 224 Å². The topological polar surface area (TPSA) is 80.4 Å². The normalized spacial score (nSPS) is 13.4. The summed E-state index contributed by atoms with van der Waals surface area (Å²) in [6.45, 7) is 3.84. The lowest BCUT2D eigenvalue weighted by Crippen LogP contribution is -2.26. The van der Waals surface area contributed by atoms with Crippen LogP contribution in [0, 0.1) is 12.7 Å². The van der Waals surface area contributed by atoms with Gasteiger partial charge in [0.2, 0.25) is 0 Å². The standard InChI is InChI=1S/C31H27FN4O3/c1-19-29(18-39-34-19)22-4-6-28-23(13-22)8-10-36(31(28)38)16-20-11-25(14-26(32)12-20)30(37)33-27-5-3-24-17-35(2)9-7-21(24)15-27/h3-6,8,10-15,18H,7,9,16-17H2,1-2H3,(H,33,37). The smallest absolute Gasteiger partial charge is 0.258 e. The monoisotopic (exact) mass is 522 g/mol. The maximum Gasteiger partial charge on any atom is 0.258 e. The van der Waals surface area contributed by atoms with Gasteiger partial charge in [-0.05, 0) is 96.6 Å². The molecule has 0 atom stereocenters. The van der Waals surface area contributed by atoms with Gasteiger partial charge in [0.25, 0.3) is 11.5 Å². The highest BCUT2D eigenvalue weighted by Gasteiger charge is 2.16. The Morgan fingerprint density at radius 2 is 1.95 bits per heavy atom. The van der Waals surface area contributed by atoms with Gasteiger partial charge in [-0.3, -0.25) is 9.59 Å². The Morgan fingerprint density at radius 3 is 2.77 bits per heavy atom. The number of hydrogen-bond donors (Lipinski definition) is 1. The Bertz CT molecular complexity index is 1790. The van der Waals surface area contributed by atoms with E-state index in [1.807, 2.05) is 43.3 Å². The summed E-state index contributed by atoms with van der Waals surface area (Å²) in [6.07, 6.45) is 4.19. The number of fused-ring (bicyclic) bond motifs is 2. The second-order valence-electron chi connectivity index (χ2n) is 10.1. The first-order chi connectivity index (χ1) is 18.8. The summed E-state index contributed by atoms with van der Waals surface area (Å²) in [6, 6.07) is 17.5. The number of benzene rings is 3. The van der Waals surface area contributed by atoms with Gasteiger partial charge in [-0.25, -0.2) is 4.39 Å². The fraction of sp³-hybridized carbons (Fsp3) is 0.194. The molecule has 0 radical (unpaired) electrons. The Balaban J connectivity index is 1.24. The van der Waals surface area contributed by atoms with Gasteiger partial charge in [0.1, 0.15) is 12.1 Å². The minimum atomic E-state index is -0.534. The van der Waals surface area contributed by atoms with E-state index >= 15 is 0 Å². The number of halogens is 1. The minimum absolute atomic E-state index is 0.131. The van der Waals surface area contributed by atoms with E-state index < -0.39 is 11.7 Å². The molecule has 0 spiro atoms. The number of nitrogens with zero attached hydrogens (tertiary/aromatic N) is 3. The van der Waals surface area contributed by atoms with E-state index in [0.29, 0.717) is 16.6 Å². The van der Waals surface area contributed by atoms with Gasteiger partial charge in [0.15, 0.2) is 0 Å². The molecule has 1 aliphatic rings. The number of anilines is 1. The van der Waals surface area contributed by atoms with Gasteiger partial charge in [0.05, 0.1) is 12.2 Å². The van der Waals surface area contributed by atoms with Gasteiger partial charge >= 0.3 is 0 Å². The number of likely N-dealkylation sites (N-methyl/N-ethyl adjacent to an activating group) is 1. The van der Waals surface area contributed by atoms with E-state index in [9.17, 15) is 14.0 Å². The van der Waals surface area contributed by atoms with E-state index in [1.165, 1.54) is 27.8 Å². The van der Waals surface area contributed by atoms with E-state index in [1.54, 1.807) is 24.6 Å². The highest BCUT2D eigenvalue weighted by atomic mass is 19.1. The zero-order valence-electron chi connectivity index (χ0n) is 21.7. The van der Waals surface area contributed by atoms with Crippen molar-refractivity contribution in [3.8, 4) is 11.1 Å². The molecule has 6 rings (SSSR count). The van der Waals surface area contributed by atoms with Crippen molar-refractivity contribution in [1.29, 1.82) is 0 Å². The molecule has 2 aromatic heterocycles. The van der Waals surface area contributed by atoms with Crippen molar-refractivity contribution in [2.45, 2.75) is 26.4 Å². The molecule has 0 fully saturated rings. The van der Waals surface area contributed by atoms with Crippen LogP contribution >= 0.6 is 0 Å². The quantitative estimate of drug-likeness (QED) is 0.335. The van der Waals surface area contributed by atoms with Crippen molar-refractivity contribution in [2.24, 2.45) is 0 Å². The third kappa shape index (κ3) is 4.98. The van der Waals surface area contributed by atoms with Gasteiger partial charge in [-0.1, -0.05) is 17.3 Å². The predicted molar refractivity (Wildman–Crippen MR) is 148 cm³/mol. The molecule has 0 unspecified atom stereocenters. The lowest BCUT2D eigenvalue weighted by molar-refractivity contribution is 0.102. The van der Waals surface area contributed by atoms with Crippen LogP contribution in [0.15, 0.2) is 82.4 Å². The second kappa shape index (κ2) is 9.96. The summed E-state index contributed by atoms with van der Waals surface area (Å²) < 4.78 is 21.1. The summed E-state index contributed by atoms with van der Waals surface area (Å²) in [5.41, 5.74) is 6.22. The molecule has 1 aliphatic heterocycles. The molecule has 196 valence electrons. The van der Waals surface area contributed by atoms with E-state index in [4.69, 9.17) is 4.52 Å². The van der Waals surface area contributed by atoms with E-state index in [2.05, 4.69) is 22.4 Å². The number of carbonyl (C=O) groups is 1. The Hall–Kier alpha value is -4.56. The van der Waals surface area contributed by atoms with Crippen molar-refractivity contribution in [3.63, 3.8) is 0 Å². The van der Waals surface area contributed by atoms with Crippen molar-refractivity contribution < 1.29 is 13.7 Å². The Morgan fingerprint density at radius 1 is 1.08 bits per heavy atom. The van der Waals surface area contributed by atoms with E-state index in [-0.39, 0.29) is 17.7 Å². The predicted octanol–water partition coefficient (Wildman–Crippen LogP) is 5.39. The molecule has 1 N–H and O–H groups in total. The Kier molecular flexibility index (Phi) is 6.32. The fourth-order valence-electron chi connectivity index (χ4n) is 5.19. The van der Waals surface area contributed by atoms with Crippen molar-refractivity contribution >= 4 is 22.4 Å². The average Bonchev–Trinajstić information content (AvgIpc) is 3.35. The summed E-state index contributed by atoms with van der Waals surface area (Å²) in [5.74, 6) is -0.931. The van der Waals surface area contributed by atoms with Crippen LogP contribution in [0.5, 0.6) is 0 Å². The van der Waals surface area contributed by atoms with E-state index in [0.717, 1.165) is 41.7 Å². The van der Waals surface area contributed by atoms with Crippen molar-refractivity contribution in [1.82, 2.24) is 14.6 Å². The average molecular weight is 523 g/mol. The number of amides is 1. The van der Waals surface area contributed by atoms with Crippen LogP contribution in [-0.2, 0) is 19.5 Å². The number of carbonyl (C=O) groups excluding carboxylic acids is 1. The van der Waals surface area contributed by atoms with Crippen LogP contribution < -0.4 is 10.9 Å². The summed E-state index contributed by atoms with van der Waals surface area (Å²) in [7, 11) is 2.09. The molecule has 8 heteroatoms. The minimum Gasteiger partial charge on any atom is -0.364 e. The third-order valence-electron chi connectivity index (χ3n) is 7.28. The van der Waals surface area contributed by atoms with Crippen LogP contribution in [0.2, 0.25) is 0 Å². The third-order valence-corrected chi connectivity index (χ3v) is 7.28. The number of pyridine rings is 1. The molecule has 1 amide bonds. The van der Waals surface area contributed by atoms with Crippen LogP contribution in [-0.4, -0.2) is 34.1 Å². The molecule has 0 saturated heterocycles. The maximum atomic E-state index is 14.6. The molecule has 0 bridgehead atoms. The lowest BCUT2D eigenvalue weighted by atomic mass is 9.99. The molecule has 3 heterocycles. The molecule has 0 aliphatic carbocycles. The number of aromatic nitrogens is 2. The van der Waals surface area contributed by atoms with Gasteiger partial charge in [-0.2, -0.15) is 0 Å². The highest BCUT2D eigenvalue weighted by Crippen LogP contribution is 2.26. The van der Waals surface area contributed by atoms with Crippen LogP contribution in [0.25, 0.3) is 21.9 Å². The molecule has 7 nitrogen and oxygen atoms in total. The summed E-state index contributed by atoms with van der Waals surface area (Å²) >= 11 is 0. The first-order valence-electron chi connectivity index (χ1n) is 12.8. The largest absolute Gasteiger partial charge is 0.364 e. The van der Waals surface area contributed by atoms with Crippen LogP contribution in [0.3, 0.4) is 0 Å². The number of aryl methyl sites for hydroxylation is 1. The van der Waals surface area contributed by atoms with Crippen LogP contribution in [0.1, 0.15) is 32.7 Å². The molecular formula is C31H27FN4O3. The maximum absolute atomic E-state index is 14.6. The lowest BCUT2D eigenvalue weighted by Gasteiger charge is -2.25. The van der Waals surface area contributed by atoms with Crippen molar-refractivity contribution in [3.05, 3.63) is 117 Å². The second-order valence-corrected chi connectivity index (χ2v) is 10.1. The van der Waals surface area contributed by atoms with Crippen LogP contribution in [0.4, 0.5) is 10.1 Å². The number of nitrogens with one attached hydrogen (secondary N) is 1. The molecule has 5 aromatic rings. The number of hydrogen-bond acceptors (Lipinski definition) is 5. The fourth-order valence-corrected chi connectivity index (χ4v) is 5.19. The highest BCUT2D eigenvalue weighted by molar-refractivity contribution is 6.04.